The lowest BCUT2D eigenvalue weighted by Crippen LogP contribution is -2.27. The van der Waals surface area contributed by atoms with Gasteiger partial charge in [0.2, 0.25) is 0 Å². The van der Waals surface area contributed by atoms with Gasteiger partial charge in [0.25, 0.3) is 0 Å². The quantitative estimate of drug-likeness (QED) is 0.855. The maximum absolute atomic E-state index is 6.32. The maximum Gasteiger partial charge on any atom is 0.137 e. The molecule has 0 saturated carbocycles. The van der Waals surface area contributed by atoms with Gasteiger partial charge >= 0.3 is 0 Å². The van der Waals surface area contributed by atoms with Gasteiger partial charge in [-0.05, 0) is 37.2 Å². The van der Waals surface area contributed by atoms with E-state index in [1.807, 2.05) is 18.2 Å². The molecule has 1 fully saturated rings. The molecular weight excluding hydrogens is 262 g/mol. The molecule has 0 bridgehead atoms. The van der Waals surface area contributed by atoms with Crippen LogP contribution in [0.15, 0.2) is 54.6 Å². The van der Waals surface area contributed by atoms with Crippen molar-refractivity contribution in [3.63, 3.8) is 0 Å². The van der Waals surface area contributed by atoms with Crippen molar-refractivity contribution in [3.05, 3.63) is 65.7 Å². The minimum Gasteiger partial charge on any atom is -0.497 e. The minimum atomic E-state index is -0.0175. The molecule has 0 aromatic heterocycles. The summed E-state index contributed by atoms with van der Waals surface area (Å²) < 4.78 is 11.5. The van der Waals surface area contributed by atoms with Gasteiger partial charge in [-0.3, -0.25) is 4.90 Å². The molecule has 2 aromatic rings. The molecule has 0 unspecified atom stereocenters. The predicted octanol–water partition coefficient (Wildman–Crippen LogP) is 3.79. The molecule has 0 N–H and O–H groups in total. The van der Waals surface area contributed by atoms with E-state index < -0.39 is 0 Å². The first-order valence-corrected chi connectivity index (χ1v) is 7.27. The Kier molecular flexibility index (Phi) is 3.95. The zero-order valence-electron chi connectivity index (χ0n) is 12.7. The highest BCUT2D eigenvalue weighted by Gasteiger charge is 2.38. The van der Waals surface area contributed by atoms with Crippen LogP contribution in [0.2, 0.25) is 0 Å². The van der Waals surface area contributed by atoms with E-state index in [-0.39, 0.29) is 12.3 Å². The van der Waals surface area contributed by atoms with E-state index in [4.69, 9.17) is 9.47 Å². The van der Waals surface area contributed by atoms with E-state index in [1.165, 1.54) is 5.56 Å². The Labute approximate surface area is 126 Å². The van der Waals surface area contributed by atoms with Gasteiger partial charge in [-0.15, -0.1) is 0 Å². The van der Waals surface area contributed by atoms with Crippen molar-refractivity contribution in [2.45, 2.75) is 25.3 Å². The lowest BCUT2D eigenvalue weighted by Gasteiger charge is -2.21. The Bertz CT molecular complexity index is 582. The largest absolute Gasteiger partial charge is 0.497 e. The molecule has 3 atom stereocenters. The van der Waals surface area contributed by atoms with E-state index in [0.717, 1.165) is 11.3 Å². The second kappa shape index (κ2) is 5.88. The second-order valence-electron chi connectivity index (χ2n) is 5.50. The minimum absolute atomic E-state index is 0.0175. The molecule has 3 nitrogen and oxygen atoms in total. The highest BCUT2D eigenvalue weighted by Crippen LogP contribution is 2.41. The molecule has 1 aliphatic rings. The third kappa shape index (κ3) is 2.67. The summed E-state index contributed by atoms with van der Waals surface area (Å²) in [6.45, 7) is 2.21. The van der Waals surface area contributed by atoms with Crippen molar-refractivity contribution in [1.82, 2.24) is 4.90 Å². The molecule has 3 rings (SSSR count). The fourth-order valence-electron chi connectivity index (χ4n) is 2.86. The lowest BCUT2D eigenvalue weighted by atomic mass is 10.0. The summed E-state index contributed by atoms with van der Waals surface area (Å²) in [4.78, 5) is 2.28. The third-order valence-corrected chi connectivity index (χ3v) is 4.26. The number of rotatable bonds is 3. The van der Waals surface area contributed by atoms with Crippen molar-refractivity contribution in [3.8, 4) is 5.75 Å². The lowest BCUT2D eigenvalue weighted by molar-refractivity contribution is 0.00558. The molecular formula is C18H21NO2. The van der Waals surface area contributed by atoms with Gasteiger partial charge < -0.3 is 9.47 Å². The Balaban J connectivity index is 1.84. The summed E-state index contributed by atoms with van der Waals surface area (Å²) in [5, 5.41) is 0. The van der Waals surface area contributed by atoms with Crippen LogP contribution in [-0.2, 0) is 4.74 Å². The van der Waals surface area contributed by atoms with Gasteiger partial charge in [-0.2, -0.15) is 0 Å². The van der Waals surface area contributed by atoms with Crippen LogP contribution in [0.3, 0.4) is 0 Å². The van der Waals surface area contributed by atoms with Gasteiger partial charge in [-0.25, -0.2) is 0 Å². The third-order valence-electron chi connectivity index (χ3n) is 4.26. The van der Waals surface area contributed by atoms with Crippen LogP contribution < -0.4 is 4.74 Å². The van der Waals surface area contributed by atoms with E-state index >= 15 is 0 Å². The molecule has 21 heavy (non-hydrogen) atoms. The molecule has 110 valence electrons. The van der Waals surface area contributed by atoms with Crippen molar-refractivity contribution in [1.29, 1.82) is 0 Å². The number of ether oxygens (including phenoxy) is 2. The summed E-state index contributed by atoms with van der Waals surface area (Å²) in [6, 6.07) is 18.8. The Morgan fingerprint density at radius 1 is 0.952 bits per heavy atom. The Morgan fingerprint density at radius 3 is 2.24 bits per heavy atom. The van der Waals surface area contributed by atoms with Crippen molar-refractivity contribution >= 4 is 0 Å². The Hall–Kier alpha value is -1.84. The molecule has 3 heteroatoms. The fraction of sp³-hybridized carbons (Fsp3) is 0.333. The topological polar surface area (TPSA) is 21.7 Å². The molecule has 1 aliphatic heterocycles. The van der Waals surface area contributed by atoms with Gasteiger partial charge in [0.05, 0.1) is 7.11 Å². The van der Waals surface area contributed by atoms with Crippen molar-refractivity contribution in [2.24, 2.45) is 0 Å². The van der Waals surface area contributed by atoms with E-state index in [2.05, 4.69) is 55.3 Å². The number of likely N-dealkylation sites (N-methyl/N-ethyl adjacent to an activating group) is 1. The molecule has 0 spiro atoms. The van der Waals surface area contributed by atoms with Crippen molar-refractivity contribution in [2.75, 3.05) is 14.2 Å². The van der Waals surface area contributed by atoms with Gasteiger partial charge in [0, 0.05) is 6.04 Å². The first-order valence-electron chi connectivity index (χ1n) is 7.27. The van der Waals surface area contributed by atoms with E-state index in [0.29, 0.717) is 6.04 Å². The number of benzene rings is 2. The number of methoxy groups -OCH3 is 1. The van der Waals surface area contributed by atoms with Crippen LogP contribution in [0.1, 0.15) is 30.4 Å². The van der Waals surface area contributed by atoms with Crippen LogP contribution >= 0.6 is 0 Å². The van der Waals surface area contributed by atoms with E-state index in [9.17, 15) is 0 Å². The number of hydrogen-bond acceptors (Lipinski definition) is 3. The van der Waals surface area contributed by atoms with Crippen LogP contribution in [0.5, 0.6) is 5.75 Å². The molecule has 2 aromatic carbocycles. The van der Waals surface area contributed by atoms with Gasteiger partial charge in [0.1, 0.15) is 18.1 Å². The fourth-order valence-corrected chi connectivity index (χ4v) is 2.86. The molecule has 1 heterocycles. The van der Waals surface area contributed by atoms with Crippen molar-refractivity contribution < 1.29 is 9.47 Å². The highest BCUT2D eigenvalue weighted by molar-refractivity contribution is 5.29. The predicted molar refractivity (Wildman–Crippen MR) is 83.2 cm³/mol. The summed E-state index contributed by atoms with van der Waals surface area (Å²) in [6.07, 6.45) is 0.0828. The number of nitrogens with zero attached hydrogens (tertiary/aromatic N) is 1. The standard InChI is InChI=1S/C18H21NO2/c1-13-17(14-7-5-4-6-8-14)21-18(19(13)2)15-9-11-16(20-3)12-10-15/h4-13,17-18H,1-3H3/t13-,17-,18+/m1/s1. The van der Waals surface area contributed by atoms with Crippen LogP contribution in [0, 0.1) is 0 Å². The van der Waals surface area contributed by atoms with Gasteiger partial charge in [-0.1, -0.05) is 42.5 Å². The molecule has 0 aliphatic carbocycles. The average molecular weight is 283 g/mol. The summed E-state index contributed by atoms with van der Waals surface area (Å²) in [7, 11) is 3.79. The zero-order valence-corrected chi connectivity index (χ0v) is 12.7. The van der Waals surface area contributed by atoms with Crippen LogP contribution in [-0.4, -0.2) is 25.1 Å². The summed E-state index contributed by atoms with van der Waals surface area (Å²) in [5.74, 6) is 0.868. The monoisotopic (exact) mass is 283 g/mol. The summed E-state index contributed by atoms with van der Waals surface area (Å²) in [5.41, 5.74) is 2.39. The molecule has 0 amide bonds. The smallest absolute Gasteiger partial charge is 0.137 e. The molecule has 1 saturated heterocycles. The maximum atomic E-state index is 6.32. The first kappa shape index (κ1) is 14.1. The van der Waals surface area contributed by atoms with Crippen LogP contribution in [0.25, 0.3) is 0 Å². The normalized spacial score (nSPS) is 26.0. The molecule has 0 radical (unpaired) electrons. The average Bonchev–Trinajstić information content (AvgIpc) is 2.84. The van der Waals surface area contributed by atoms with Gasteiger partial charge in [0.15, 0.2) is 0 Å². The highest BCUT2D eigenvalue weighted by atomic mass is 16.5. The first-order chi connectivity index (χ1) is 10.2. The Morgan fingerprint density at radius 2 is 1.62 bits per heavy atom. The second-order valence-corrected chi connectivity index (χ2v) is 5.50. The van der Waals surface area contributed by atoms with E-state index in [1.54, 1.807) is 7.11 Å². The number of hydrogen-bond donors (Lipinski definition) is 0. The SMILES string of the molecule is COc1ccc([C@@H]2O[C@@H](c3ccccc3)[C@@H](C)N2C)cc1. The van der Waals surface area contributed by atoms with Crippen LogP contribution in [0.4, 0.5) is 0 Å². The zero-order chi connectivity index (χ0) is 14.8. The summed E-state index contributed by atoms with van der Waals surface area (Å²) >= 11 is 0.